The minimum Gasteiger partial charge on any atom is -0.491 e. The number of unbranched alkanes of at least 4 members (excludes halogenated alkanes) is 3. The second-order valence-corrected chi connectivity index (χ2v) is 14.4. The molecule has 0 aliphatic carbocycles. The largest absolute Gasteiger partial charge is 3.00 e. The van der Waals surface area contributed by atoms with Crippen LogP contribution in [-0.4, -0.2) is 45.2 Å². The van der Waals surface area contributed by atoms with Crippen molar-refractivity contribution in [2.24, 2.45) is 0 Å². The van der Waals surface area contributed by atoms with E-state index in [-0.39, 0.29) is 42.4 Å². The van der Waals surface area contributed by atoms with Crippen LogP contribution >= 0.6 is 0 Å². The third-order valence-corrected chi connectivity index (χ3v) is 8.10. The van der Waals surface area contributed by atoms with Crippen LogP contribution in [0.3, 0.4) is 0 Å². The minimum atomic E-state index is -1.10. The van der Waals surface area contributed by atoms with Crippen molar-refractivity contribution in [1.82, 2.24) is 15.0 Å². The summed E-state index contributed by atoms with van der Waals surface area (Å²) in [6.45, 7) is 17.5. The number of hydrogen-bond donors (Lipinski definition) is 1. The van der Waals surface area contributed by atoms with Gasteiger partial charge in [-0.1, -0.05) is 109 Å². The summed E-state index contributed by atoms with van der Waals surface area (Å²) in [7, 11) is 0. The smallest absolute Gasteiger partial charge is 0.491 e. The Bertz CT molecular complexity index is 1740. The molecule has 0 spiro atoms. The van der Waals surface area contributed by atoms with E-state index in [1.165, 1.54) is 28.5 Å². The van der Waals surface area contributed by atoms with E-state index in [1.807, 2.05) is 48.8 Å². The van der Waals surface area contributed by atoms with Crippen LogP contribution in [0.25, 0.3) is 22.5 Å². The fraction of sp³-hybridized carbons (Fsp3) is 0.311. The van der Waals surface area contributed by atoms with Gasteiger partial charge in [-0.25, -0.2) is 14.6 Å². The molecule has 54 heavy (non-hydrogen) atoms. The first-order valence-corrected chi connectivity index (χ1v) is 17.9. The van der Waals surface area contributed by atoms with Crippen molar-refractivity contribution in [3.8, 4) is 28.3 Å². The molecule has 3 heterocycles. The number of rotatable bonds is 12. The van der Waals surface area contributed by atoms with Gasteiger partial charge in [-0.3, -0.25) is 9.97 Å². The molecule has 5 rings (SSSR count). The summed E-state index contributed by atoms with van der Waals surface area (Å²) in [5.41, 5.74) is 7.46. The second-order valence-electron chi connectivity index (χ2n) is 14.4. The summed E-state index contributed by atoms with van der Waals surface area (Å²) in [5.74, 6) is -1.23. The maximum Gasteiger partial charge on any atom is 3.00 e. The van der Waals surface area contributed by atoms with Gasteiger partial charge in [-0.2, -0.15) is 0 Å². The molecule has 0 atom stereocenters. The predicted octanol–water partition coefficient (Wildman–Crippen LogP) is 10.5. The van der Waals surface area contributed by atoms with Crippen LogP contribution in [0.2, 0.25) is 0 Å². The van der Waals surface area contributed by atoms with Crippen LogP contribution in [0, 0.1) is 0 Å². The topological polar surface area (TPSA) is 112 Å². The van der Waals surface area contributed by atoms with Crippen LogP contribution in [0.1, 0.15) is 88.8 Å². The van der Waals surface area contributed by atoms with Crippen molar-refractivity contribution in [2.45, 2.75) is 78.1 Å². The van der Waals surface area contributed by atoms with Gasteiger partial charge in [-0.05, 0) is 84.0 Å². The molecule has 284 valence electrons. The van der Waals surface area contributed by atoms with Crippen LogP contribution in [0.5, 0.6) is 5.75 Å². The Hall–Kier alpha value is -4.98. The maximum absolute atomic E-state index is 10.9. The fourth-order valence-corrected chi connectivity index (χ4v) is 4.99. The van der Waals surface area contributed by atoms with Gasteiger partial charge in [0.25, 0.3) is 0 Å². The SMILES string of the molecule is C=CC(=O)OCCCCCCOc1cccnc1C(=O)O.CC(C)(C)c1ccc(-c2ccccn2)cc1.CC(C)(C)c1ccc(-c2ccccn2)cc1.[Ir+3]. The van der Waals surface area contributed by atoms with Crippen LogP contribution in [0.4, 0.5) is 0 Å². The molecule has 0 aliphatic heterocycles. The Morgan fingerprint density at radius 3 is 1.50 bits per heavy atom. The molecule has 5 aromatic rings. The number of esters is 1. The van der Waals surface area contributed by atoms with Gasteiger partial charge in [0.15, 0.2) is 11.4 Å². The van der Waals surface area contributed by atoms with E-state index in [4.69, 9.17) is 14.6 Å². The number of carboxylic acids is 1. The van der Waals surface area contributed by atoms with E-state index in [9.17, 15) is 9.59 Å². The Morgan fingerprint density at radius 2 is 1.09 bits per heavy atom. The van der Waals surface area contributed by atoms with Gasteiger partial charge in [0.05, 0.1) is 24.6 Å². The van der Waals surface area contributed by atoms with E-state index in [0.29, 0.717) is 13.2 Å². The normalized spacial score (nSPS) is 10.6. The minimum absolute atomic E-state index is 0. The van der Waals surface area contributed by atoms with Crippen molar-refractivity contribution in [1.29, 1.82) is 0 Å². The number of carbonyl (C=O) groups excluding carboxylic acids is 1. The molecule has 0 fully saturated rings. The summed E-state index contributed by atoms with van der Waals surface area (Å²) < 4.78 is 10.3. The first kappa shape index (κ1) is 45.2. The number of ether oxygens (including phenoxy) is 2. The van der Waals surface area contributed by atoms with Crippen molar-refractivity contribution >= 4 is 11.9 Å². The van der Waals surface area contributed by atoms with Crippen molar-refractivity contribution in [3.63, 3.8) is 0 Å². The van der Waals surface area contributed by atoms with Crippen LogP contribution < -0.4 is 4.74 Å². The molecule has 0 saturated carbocycles. The summed E-state index contributed by atoms with van der Waals surface area (Å²) >= 11 is 0. The molecule has 0 amide bonds. The van der Waals surface area contributed by atoms with Gasteiger partial charge in [-0.15, -0.1) is 0 Å². The number of nitrogens with zero attached hydrogens (tertiary/aromatic N) is 3. The van der Waals surface area contributed by atoms with E-state index < -0.39 is 11.9 Å². The molecular weight excluding hydrogens is 855 g/mol. The number of hydrogen-bond acceptors (Lipinski definition) is 7. The number of aromatic carboxylic acids is 1. The molecule has 1 N–H and O–H groups in total. The average molecular weight is 908 g/mol. The second kappa shape index (κ2) is 22.9. The van der Waals surface area contributed by atoms with E-state index in [0.717, 1.165) is 43.1 Å². The van der Waals surface area contributed by atoms with Gasteiger partial charge in [0.2, 0.25) is 0 Å². The quantitative estimate of drug-likeness (QED) is 0.0749. The number of aromatic nitrogens is 3. The molecule has 3 aromatic heterocycles. The van der Waals surface area contributed by atoms with E-state index in [2.05, 4.69) is 112 Å². The zero-order chi connectivity index (χ0) is 38.7. The van der Waals surface area contributed by atoms with Gasteiger partial charge in [0, 0.05) is 35.8 Å². The molecule has 8 nitrogen and oxygen atoms in total. The summed E-state index contributed by atoms with van der Waals surface area (Å²) in [4.78, 5) is 34.1. The Labute approximate surface area is 334 Å². The number of carbonyl (C=O) groups is 2. The molecule has 0 saturated heterocycles. The Balaban J connectivity index is 0.000000281. The third-order valence-electron chi connectivity index (χ3n) is 8.10. The zero-order valence-electron chi connectivity index (χ0n) is 32.3. The first-order chi connectivity index (χ1) is 25.3. The Kier molecular flexibility index (Phi) is 19.2. The van der Waals surface area contributed by atoms with E-state index >= 15 is 0 Å². The predicted molar refractivity (Wildman–Crippen MR) is 213 cm³/mol. The summed E-state index contributed by atoms with van der Waals surface area (Å²) in [6.07, 6.45) is 9.61. The van der Waals surface area contributed by atoms with Crippen LogP contribution in [0.15, 0.2) is 128 Å². The number of carboxylic acid groups (broad SMARTS) is 1. The standard InChI is InChI=1S/C15H19NO5.2C15H17N.Ir/c1-2-13(17)21-11-6-4-3-5-10-20-12-8-7-9-16-14(12)15(18)19;2*1-15(2,3)13-9-7-12(8-10-13)14-6-4-5-11-16-14;/h2,7-9H,1,3-6,10-11H2,(H,18,19);2*4-11H,1-3H3;/q;;;+3. The third kappa shape index (κ3) is 15.9. The van der Waals surface area contributed by atoms with E-state index in [1.54, 1.807) is 12.1 Å². The van der Waals surface area contributed by atoms with Gasteiger partial charge < -0.3 is 14.6 Å². The molecule has 0 bridgehead atoms. The monoisotopic (exact) mass is 908 g/mol. The molecule has 0 unspecified atom stereocenters. The van der Waals surface area contributed by atoms with Crippen molar-refractivity contribution in [2.75, 3.05) is 13.2 Å². The molecule has 0 aliphatic rings. The van der Waals surface area contributed by atoms with Crippen LogP contribution in [-0.2, 0) is 40.5 Å². The fourth-order valence-electron chi connectivity index (χ4n) is 4.99. The molecule has 0 radical (unpaired) electrons. The Morgan fingerprint density at radius 1 is 0.630 bits per heavy atom. The zero-order valence-corrected chi connectivity index (χ0v) is 34.6. The number of pyridine rings is 3. The molecule has 9 heteroatoms. The molecular formula is C45H53IrN3O5+3. The number of benzene rings is 2. The van der Waals surface area contributed by atoms with Gasteiger partial charge in [0.1, 0.15) is 0 Å². The summed E-state index contributed by atoms with van der Waals surface area (Å²) in [5, 5.41) is 8.94. The van der Waals surface area contributed by atoms with Gasteiger partial charge >= 0.3 is 32.0 Å². The van der Waals surface area contributed by atoms with Crippen molar-refractivity contribution < 1.29 is 44.3 Å². The molecule has 2 aromatic carbocycles. The maximum atomic E-state index is 10.9. The average Bonchev–Trinajstić information content (AvgIpc) is 3.16. The summed E-state index contributed by atoms with van der Waals surface area (Å²) in [6, 6.07) is 32.5. The van der Waals surface area contributed by atoms with Crippen molar-refractivity contribution in [3.05, 3.63) is 145 Å². The first-order valence-electron chi connectivity index (χ1n) is 17.9.